The van der Waals surface area contributed by atoms with E-state index in [0.29, 0.717) is 26.9 Å². The molecule has 2 aliphatic rings. The van der Waals surface area contributed by atoms with Crippen LogP contribution in [0.5, 0.6) is 17.2 Å². The molecule has 3 heterocycles. The number of nitrogens with one attached hydrogen (secondary N) is 1. The molecule has 14 heteroatoms. The van der Waals surface area contributed by atoms with Crippen LogP contribution in [0.25, 0.3) is 0 Å². The van der Waals surface area contributed by atoms with E-state index in [1.54, 1.807) is 50.2 Å². The summed E-state index contributed by atoms with van der Waals surface area (Å²) in [6, 6.07) is 17.5. The molecular weight excluding hydrogens is 659 g/mol. The van der Waals surface area contributed by atoms with Crippen LogP contribution in [-0.2, 0) is 25.7 Å². The Morgan fingerprint density at radius 1 is 0.938 bits per heavy atom. The number of aromatic nitrogens is 1. The number of thioether (sulfide) groups is 1. The summed E-state index contributed by atoms with van der Waals surface area (Å²) in [4.78, 5) is 68.3. The number of hydrogen-bond donors (Lipinski definition) is 2. The molecule has 0 aliphatic carbocycles. The minimum atomic E-state index is -0.936. The van der Waals surface area contributed by atoms with Gasteiger partial charge in [0.05, 0.1) is 42.5 Å². The van der Waals surface area contributed by atoms with Gasteiger partial charge < -0.3 is 24.6 Å². The molecule has 3 amide bonds. The molecule has 0 saturated carbocycles. The van der Waals surface area contributed by atoms with Crippen molar-refractivity contribution < 1.29 is 38.5 Å². The van der Waals surface area contributed by atoms with Gasteiger partial charge in [-0.25, -0.2) is 9.69 Å². The van der Waals surface area contributed by atoms with Gasteiger partial charge in [0.15, 0.2) is 11.5 Å². The van der Waals surface area contributed by atoms with Crippen LogP contribution in [0.15, 0.2) is 76.6 Å². The Kier molecular flexibility index (Phi) is 9.29. The maximum atomic E-state index is 14.2. The van der Waals surface area contributed by atoms with Crippen molar-refractivity contribution in [3.8, 4) is 17.2 Å². The lowest BCUT2D eigenvalue weighted by Gasteiger charge is -2.31. The second-order valence-electron chi connectivity index (χ2n) is 10.9. The highest BCUT2D eigenvalue weighted by molar-refractivity contribution is 8.00. The Morgan fingerprint density at radius 3 is 2.33 bits per heavy atom. The number of benzene rings is 3. The van der Waals surface area contributed by atoms with Gasteiger partial charge in [0.25, 0.3) is 0 Å². The van der Waals surface area contributed by atoms with Gasteiger partial charge in [-0.05, 0) is 80.1 Å². The number of fused-ring (bicyclic) bond motifs is 2. The van der Waals surface area contributed by atoms with Crippen LogP contribution in [-0.4, -0.2) is 58.9 Å². The number of nitrogens with zero attached hydrogens (tertiary/aromatic N) is 2. The number of hydrogen-bond acceptors (Lipinski definition) is 11. The number of esters is 1. The fourth-order valence-corrected chi connectivity index (χ4v) is 8.62. The molecule has 1 fully saturated rings. The summed E-state index contributed by atoms with van der Waals surface area (Å²) < 4.78 is 17.2. The number of methoxy groups -OCH3 is 1. The third-order valence-corrected chi connectivity index (χ3v) is 10.6. The van der Waals surface area contributed by atoms with Gasteiger partial charge in [0.1, 0.15) is 17.5 Å². The first kappa shape index (κ1) is 32.8. The number of phenols is 1. The number of imide groups is 1. The molecule has 3 aromatic carbocycles. The number of carbonyl (C=O) groups is 4. The highest BCUT2D eigenvalue weighted by Crippen LogP contribution is 2.54. The monoisotopic (exact) mass is 689 g/mol. The Balaban J connectivity index is 1.39. The largest absolute Gasteiger partial charge is 0.504 e. The van der Waals surface area contributed by atoms with Gasteiger partial charge in [0.2, 0.25) is 17.7 Å². The third kappa shape index (κ3) is 6.04. The lowest BCUT2D eigenvalue weighted by molar-refractivity contribution is -0.122. The molecule has 48 heavy (non-hydrogen) atoms. The maximum absolute atomic E-state index is 14.2. The summed E-state index contributed by atoms with van der Waals surface area (Å²) in [7, 11) is 1.54. The zero-order valence-corrected chi connectivity index (χ0v) is 27.8. The van der Waals surface area contributed by atoms with Crippen LogP contribution in [0.2, 0.25) is 0 Å². The van der Waals surface area contributed by atoms with E-state index in [4.69, 9.17) is 14.2 Å². The normalized spacial score (nSPS) is 18.2. The Labute approximate surface area is 283 Å². The molecule has 1 aromatic heterocycles. The zero-order chi connectivity index (χ0) is 34.1. The summed E-state index contributed by atoms with van der Waals surface area (Å²) in [6.07, 6.45) is 0. The summed E-state index contributed by atoms with van der Waals surface area (Å²) in [5.74, 6) is -2.92. The van der Waals surface area contributed by atoms with E-state index in [1.165, 1.54) is 42.0 Å². The average molecular weight is 690 g/mol. The smallest absolute Gasteiger partial charge is 0.338 e. The molecule has 248 valence electrons. The molecule has 0 radical (unpaired) electrons. The number of phenolic OH excluding ortho intramolecular Hbond substituents is 1. The van der Waals surface area contributed by atoms with Crippen molar-refractivity contribution >= 4 is 58.2 Å². The SMILES string of the molecule is CCOC(=O)c1ccc(N2C(=O)C3Sc4c(sc(=O)n4CC(=O)Nc4ccc(OC)cc4)[C@@H](c4ccc(O)c(OCC)c4)C3C2=O)cc1. The fourth-order valence-electron chi connectivity index (χ4n) is 5.84. The predicted octanol–water partition coefficient (Wildman–Crippen LogP) is 4.63. The highest BCUT2D eigenvalue weighted by Gasteiger charge is 2.57. The van der Waals surface area contributed by atoms with E-state index in [1.807, 2.05) is 0 Å². The van der Waals surface area contributed by atoms with Crippen LogP contribution in [0, 0.1) is 5.92 Å². The molecule has 12 nitrogen and oxygen atoms in total. The second-order valence-corrected chi connectivity index (χ2v) is 13.0. The first-order chi connectivity index (χ1) is 23.1. The number of rotatable bonds is 10. The molecule has 4 aromatic rings. The van der Waals surface area contributed by atoms with Crippen molar-refractivity contribution in [3.05, 3.63) is 92.4 Å². The molecule has 2 unspecified atom stereocenters. The molecule has 0 spiro atoms. The molecule has 1 saturated heterocycles. The van der Waals surface area contributed by atoms with E-state index < -0.39 is 45.6 Å². The molecular formula is C34H31N3O9S2. The number of ether oxygens (including phenoxy) is 3. The Morgan fingerprint density at radius 2 is 1.67 bits per heavy atom. The first-order valence-electron chi connectivity index (χ1n) is 15.1. The van der Waals surface area contributed by atoms with Crippen molar-refractivity contribution in [1.82, 2.24) is 4.57 Å². The second kappa shape index (κ2) is 13.6. The van der Waals surface area contributed by atoms with Crippen molar-refractivity contribution in [2.24, 2.45) is 5.92 Å². The van der Waals surface area contributed by atoms with Crippen molar-refractivity contribution in [1.29, 1.82) is 0 Å². The summed E-state index contributed by atoms with van der Waals surface area (Å²) in [6.45, 7) is 3.61. The lowest BCUT2D eigenvalue weighted by atomic mass is 9.83. The van der Waals surface area contributed by atoms with Crippen molar-refractivity contribution in [2.75, 3.05) is 30.5 Å². The number of thiazole rings is 1. The van der Waals surface area contributed by atoms with Crippen LogP contribution < -0.4 is 24.6 Å². The van der Waals surface area contributed by atoms with Gasteiger partial charge in [-0.1, -0.05) is 29.2 Å². The van der Waals surface area contributed by atoms with Gasteiger partial charge in [-0.2, -0.15) is 0 Å². The van der Waals surface area contributed by atoms with Gasteiger partial charge in [-0.3, -0.25) is 23.7 Å². The van der Waals surface area contributed by atoms with Crippen LogP contribution >= 0.6 is 23.1 Å². The highest BCUT2D eigenvalue weighted by atomic mass is 32.2. The fraction of sp³-hybridized carbons (Fsp3) is 0.265. The van der Waals surface area contributed by atoms with E-state index in [0.717, 1.165) is 28.0 Å². The van der Waals surface area contributed by atoms with Crippen LogP contribution in [0.3, 0.4) is 0 Å². The molecule has 0 bridgehead atoms. The van der Waals surface area contributed by atoms with E-state index in [-0.39, 0.29) is 42.5 Å². The van der Waals surface area contributed by atoms with Gasteiger partial charge in [-0.15, -0.1) is 0 Å². The van der Waals surface area contributed by atoms with Crippen LogP contribution in [0.4, 0.5) is 11.4 Å². The molecule has 2 N–H and O–H groups in total. The zero-order valence-electron chi connectivity index (χ0n) is 26.1. The molecule has 6 rings (SSSR count). The van der Waals surface area contributed by atoms with E-state index in [9.17, 15) is 29.1 Å². The quantitative estimate of drug-likeness (QED) is 0.178. The Bertz CT molecular complexity index is 1950. The third-order valence-electron chi connectivity index (χ3n) is 8.00. The van der Waals surface area contributed by atoms with Crippen molar-refractivity contribution in [2.45, 2.75) is 36.6 Å². The van der Waals surface area contributed by atoms with Crippen molar-refractivity contribution in [3.63, 3.8) is 0 Å². The first-order valence-corrected chi connectivity index (χ1v) is 16.8. The lowest BCUT2D eigenvalue weighted by Crippen LogP contribution is -2.33. The predicted molar refractivity (Wildman–Crippen MR) is 179 cm³/mol. The minimum absolute atomic E-state index is 0.0966. The van der Waals surface area contributed by atoms with Gasteiger partial charge in [0, 0.05) is 16.5 Å². The number of carbonyl (C=O) groups excluding carboxylic acids is 4. The summed E-state index contributed by atoms with van der Waals surface area (Å²) in [5, 5.41) is 12.7. The van der Waals surface area contributed by atoms with E-state index in [2.05, 4.69) is 5.32 Å². The molecule has 2 aliphatic heterocycles. The minimum Gasteiger partial charge on any atom is -0.504 e. The summed E-state index contributed by atoms with van der Waals surface area (Å²) in [5.41, 5.74) is 1.63. The molecule has 3 atom stereocenters. The van der Waals surface area contributed by atoms with E-state index >= 15 is 0 Å². The maximum Gasteiger partial charge on any atom is 0.338 e. The van der Waals surface area contributed by atoms with Gasteiger partial charge >= 0.3 is 10.8 Å². The average Bonchev–Trinajstić information content (AvgIpc) is 3.52. The number of aromatic hydroxyl groups is 1. The Hall–Kier alpha value is -5.08. The summed E-state index contributed by atoms with van der Waals surface area (Å²) >= 11 is 1.99. The standard InChI is InChI=1S/C34H31N3O9S2/c1-4-45-24-16-19(8-15-23(24)38)26-27-28(31(41)37(30(27)40)21-11-6-18(7-12-21)33(42)46-5-2)47-32-29(26)48-34(43)36(32)17-25(39)35-20-9-13-22(44-3)14-10-20/h6-16,26-28,38H,4-5,17H2,1-3H3,(H,35,39)/t26-,27?,28?/m0/s1. The van der Waals surface area contributed by atoms with Crippen LogP contribution in [0.1, 0.15) is 40.6 Å². The number of anilines is 2. The number of amides is 3. The topological polar surface area (TPSA) is 153 Å².